The fourth-order valence-corrected chi connectivity index (χ4v) is 5.56. The Labute approximate surface area is 428 Å². The number of nitrogens with zero attached hydrogens (tertiary/aromatic N) is 3. The quantitative estimate of drug-likeness (QED) is 0.0526. The zero-order chi connectivity index (χ0) is 54.8. The molecule has 0 aromatic carbocycles. The van der Waals surface area contributed by atoms with Crippen LogP contribution in [0.25, 0.3) is 0 Å². The summed E-state index contributed by atoms with van der Waals surface area (Å²) >= 11 is 0. The minimum atomic E-state index is -0.838. The van der Waals surface area contributed by atoms with Gasteiger partial charge in [0.25, 0.3) is 35.4 Å². The summed E-state index contributed by atoms with van der Waals surface area (Å²) < 4.78 is 0. The molecule has 0 unspecified atom stereocenters. The van der Waals surface area contributed by atoms with E-state index in [0.717, 1.165) is 31.7 Å². The molecule has 3 heterocycles. The molecule has 0 aromatic rings. The first kappa shape index (κ1) is 77.6. The van der Waals surface area contributed by atoms with Crippen molar-refractivity contribution in [3.05, 3.63) is 0 Å². The smallest absolute Gasteiger partial charge is 0.333 e. The van der Waals surface area contributed by atoms with E-state index in [2.05, 4.69) is 70.4 Å². The van der Waals surface area contributed by atoms with Crippen LogP contribution in [0.4, 0.5) is 0 Å². The Hall–Kier alpha value is -5.90. The average molecular weight is 1030 g/mol. The van der Waals surface area contributed by atoms with Gasteiger partial charge < -0.3 is 36.8 Å². The summed E-state index contributed by atoms with van der Waals surface area (Å²) in [6.45, 7) is 20.5. The van der Waals surface area contributed by atoms with Crippen molar-refractivity contribution >= 4 is 84.1 Å². The van der Waals surface area contributed by atoms with Crippen LogP contribution in [0.5, 0.6) is 0 Å². The van der Waals surface area contributed by atoms with Crippen LogP contribution in [-0.4, -0.2) is 113 Å². The fraction of sp³-hybridized carbons (Fsp3) is 0.720. The summed E-state index contributed by atoms with van der Waals surface area (Å²) in [4.78, 5) is 150. The summed E-state index contributed by atoms with van der Waals surface area (Å²) in [5.41, 5.74) is 9.78. The van der Waals surface area contributed by atoms with Gasteiger partial charge in [0.2, 0.25) is 0 Å². The molecule has 3 fully saturated rings. The molecule has 6 N–H and O–H groups in total. The summed E-state index contributed by atoms with van der Waals surface area (Å²) in [7, 11) is 1.50. The summed E-state index contributed by atoms with van der Waals surface area (Å²) in [5.74, 6) is -3.06. The normalized spacial score (nSPS) is 13.2. The lowest BCUT2D eigenvalue weighted by Crippen LogP contribution is -2.32. The van der Waals surface area contributed by atoms with Gasteiger partial charge in [0, 0.05) is 96.3 Å². The van der Waals surface area contributed by atoms with Crippen molar-refractivity contribution in [3.63, 3.8) is 0 Å². The van der Waals surface area contributed by atoms with E-state index in [4.69, 9.17) is 21.4 Å². The maximum absolute atomic E-state index is 11.5. The van der Waals surface area contributed by atoms with Crippen LogP contribution in [0.2, 0.25) is 0 Å². The number of hydrogen-bond acceptors (Lipinski definition) is 19. The molecule has 22 nitrogen and oxygen atoms in total. The van der Waals surface area contributed by atoms with Crippen molar-refractivity contribution in [3.8, 4) is 0 Å². The third-order valence-corrected chi connectivity index (χ3v) is 9.49. The van der Waals surface area contributed by atoms with Gasteiger partial charge in [-0.05, 0) is 89.7 Å². The number of nitrogens with one attached hydrogen (secondary N) is 2. The minimum Gasteiger partial charge on any atom is -0.333 e. The van der Waals surface area contributed by atoms with Crippen molar-refractivity contribution < 1.29 is 72.0 Å². The van der Waals surface area contributed by atoms with E-state index >= 15 is 0 Å². The Kier molecular flexibility index (Phi) is 52.5. The summed E-state index contributed by atoms with van der Waals surface area (Å²) in [5, 5.41) is 12.4. The number of Topliss-reactive ketones (excluding diaryl/α,β-unsaturated/α-hetero) is 3. The average Bonchev–Trinajstić information content (AvgIpc) is 3.95. The topological polar surface area (TPSA) is 342 Å². The number of ketones is 3. The second kappa shape index (κ2) is 48.7. The van der Waals surface area contributed by atoms with Gasteiger partial charge in [-0.1, -0.05) is 63.3 Å². The van der Waals surface area contributed by atoms with Crippen LogP contribution >= 0.6 is 0 Å². The van der Waals surface area contributed by atoms with E-state index in [1.165, 1.54) is 19.9 Å². The fourth-order valence-electron chi connectivity index (χ4n) is 5.56. The maximum Gasteiger partial charge on any atom is 0.333 e. The number of hydrogen-bond donors (Lipinski definition) is 4. The Morgan fingerprint density at radius 1 is 0.444 bits per heavy atom. The third-order valence-electron chi connectivity index (χ3n) is 9.49. The number of carbonyl (C=O) groups excluding carboxylic acids is 12. The van der Waals surface area contributed by atoms with E-state index in [1.807, 2.05) is 6.92 Å². The highest BCUT2D eigenvalue weighted by Crippen LogP contribution is 2.17. The lowest BCUT2D eigenvalue weighted by molar-refractivity contribution is -0.199. The molecule has 72 heavy (non-hydrogen) atoms. The molecule has 3 saturated heterocycles. The molecule has 0 atom stereocenters. The lowest BCUT2D eigenvalue weighted by Gasteiger charge is -2.13. The van der Waals surface area contributed by atoms with Crippen LogP contribution < -0.4 is 11.5 Å². The summed E-state index contributed by atoms with van der Waals surface area (Å²) in [6.07, 6.45) is 8.42. The predicted octanol–water partition coefficient (Wildman–Crippen LogP) is 7.04. The number of imide groups is 3. The van der Waals surface area contributed by atoms with Gasteiger partial charge in [-0.25, -0.2) is 14.4 Å². The summed E-state index contributed by atoms with van der Waals surface area (Å²) in [6, 6.07) is 0. The SMILES string of the molecule is C.C.C=N.C=N.CC(C)CCC(=O)CCCC(=O)ON1C(=O)CCC1=O.CC(C)CCCN.CCC(=O)CCCC(=O)CCC(C)C.CN.O=C(CCCC(=O)ON1C(=O)CCC1=O)ON1C(=O)CCC1=O. The molecule has 0 radical (unpaired) electrons. The molecule has 6 amide bonds. The van der Waals surface area contributed by atoms with E-state index in [9.17, 15) is 57.5 Å². The van der Waals surface area contributed by atoms with Crippen LogP contribution in [0.3, 0.4) is 0 Å². The second-order valence-corrected chi connectivity index (χ2v) is 16.9. The molecule has 0 bridgehead atoms. The van der Waals surface area contributed by atoms with E-state index in [1.54, 1.807) is 0 Å². The van der Waals surface area contributed by atoms with Gasteiger partial charge in [-0.2, -0.15) is 0 Å². The van der Waals surface area contributed by atoms with Gasteiger partial charge in [-0.3, -0.25) is 43.2 Å². The van der Waals surface area contributed by atoms with Gasteiger partial charge in [0.1, 0.15) is 17.3 Å². The van der Waals surface area contributed by atoms with Crippen molar-refractivity contribution in [2.45, 2.75) is 205 Å². The Bertz CT molecular complexity index is 1550. The lowest BCUT2D eigenvalue weighted by atomic mass is 10.0. The predicted molar refractivity (Wildman–Crippen MR) is 273 cm³/mol. The highest BCUT2D eigenvalue weighted by atomic mass is 16.7. The first-order valence-electron chi connectivity index (χ1n) is 23.8. The highest BCUT2D eigenvalue weighted by molar-refractivity contribution is 6.03. The molecule has 0 aliphatic carbocycles. The van der Waals surface area contributed by atoms with Crippen LogP contribution in [0.15, 0.2) is 0 Å². The maximum atomic E-state index is 11.5. The molecule has 3 aliphatic rings. The minimum absolute atomic E-state index is 0. The highest BCUT2D eigenvalue weighted by Gasteiger charge is 2.35. The molecular weight excluding hydrogens is 939 g/mol. The monoisotopic (exact) mass is 1030 g/mol. The number of carbonyl (C=O) groups is 12. The Morgan fingerprint density at radius 3 is 0.903 bits per heavy atom. The molecule has 22 heteroatoms. The van der Waals surface area contributed by atoms with E-state index < -0.39 is 53.4 Å². The molecular formula is C50H91N7O15. The van der Waals surface area contributed by atoms with Crippen molar-refractivity contribution in [2.24, 2.45) is 29.2 Å². The number of amides is 6. The number of hydroxylamine groups is 6. The first-order chi connectivity index (χ1) is 33.1. The molecule has 3 aliphatic heterocycles. The third kappa shape index (κ3) is 40.8. The zero-order valence-electron chi connectivity index (χ0n) is 43.0. The van der Waals surface area contributed by atoms with Crippen molar-refractivity contribution in [1.82, 2.24) is 15.2 Å². The number of rotatable bonds is 25. The van der Waals surface area contributed by atoms with Crippen molar-refractivity contribution in [2.75, 3.05) is 13.6 Å². The van der Waals surface area contributed by atoms with Gasteiger partial charge >= 0.3 is 17.9 Å². The van der Waals surface area contributed by atoms with Gasteiger partial charge in [-0.15, -0.1) is 15.2 Å². The standard InChI is InChI=1S/C14H21NO5.C13H14N2O8.C12H22O2.C6H15N.CH5N.2CH3N.2CH4/c1-10(2)6-7-11(16)4-3-5-14(19)20-15-12(17)8-9-13(15)18;16-8-4-5-9(17)14(8)22-12(20)2-1-3-13(21)23-15-10(18)6-7-11(15)19;1-4-11(13)6-5-7-12(14)9-8-10(2)3;1-6(2)4-3-5-7;3*1-2;;/h10H,3-9H2,1-2H3;1-7H2;10H,4-9H2,1-3H3;6H,3-5,7H2,1-2H3;2H2,1H3;2*2H,1H2;2*1H4. The number of nitrogens with two attached hydrogens (primary N) is 2. The van der Waals surface area contributed by atoms with E-state index in [0.29, 0.717) is 77.8 Å². The van der Waals surface area contributed by atoms with Crippen LogP contribution in [-0.2, 0) is 72.0 Å². The van der Waals surface area contributed by atoms with Gasteiger partial charge in [0.15, 0.2) is 0 Å². The molecule has 0 saturated carbocycles. The molecule has 3 rings (SSSR count). The second-order valence-electron chi connectivity index (χ2n) is 16.9. The Morgan fingerprint density at radius 2 is 0.681 bits per heavy atom. The molecule has 0 aromatic heterocycles. The zero-order valence-corrected chi connectivity index (χ0v) is 43.0. The van der Waals surface area contributed by atoms with Crippen molar-refractivity contribution in [1.29, 1.82) is 10.8 Å². The largest absolute Gasteiger partial charge is 0.333 e. The molecule has 416 valence electrons. The Balaban J connectivity index is -0.000000204. The van der Waals surface area contributed by atoms with Crippen LogP contribution in [0, 0.1) is 28.6 Å². The van der Waals surface area contributed by atoms with E-state index in [-0.39, 0.29) is 90.6 Å². The van der Waals surface area contributed by atoms with Gasteiger partial charge in [0.05, 0.1) is 0 Å². The first-order valence-corrected chi connectivity index (χ1v) is 23.8. The van der Waals surface area contributed by atoms with Crippen LogP contribution in [0.1, 0.15) is 205 Å². The molecule has 0 spiro atoms.